The number of benzene rings is 1. The lowest BCUT2D eigenvalue weighted by molar-refractivity contribution is 0.0474. The second kappa shape index (κ2) is 8.23. The Labute approximate surface area is 176 Å². The Morgan fingerprint density at radius 2 is 1.83 bits per heavy atom. The Kier molecular flexibility index (Phi) is 5.91. The number of carbonyl (C=O) groups excluding carboxylic acids is 2. The number of ether oxygens (including phenoxy) is 1. The number of esters is 1. The molecule has 0 unspecified atom stereocenters. The molecule has 0 bridgehead atoms. The zero-order chi connectivity index (χ0) is 21.3. The Balaban J connectivity index is 1.86. The number of carbonyl (C=O) groups is 2. The summed E-state index contributed by atoms with van der Waals surface area (Å²) in [6.07, 6.45) is 1.21. The summed E-state index contributed by atoms with van der Waals surface area (Å²) in [5.41, 5.74) is 1.76. The minimum absolute atomic E-state index is 0.00657. The van der Waals surface area contributed by atoms with Crippen LogP contribution in [0.5, 0.6) is 0 Å². The predicted octanol–water partition coefficient (Wildman–Crippen LogP) is 3.53. The molecule has 0 amide bonds. The van der Waals surface area contributed by atoms with Gasteiger partial charge in [-0.1, -0.05) is 35.3 Å². The molecule has 2 heterocycles. The van der Waals surface area contributed by atoms with Gasteiger partial charge in [0.1, 0.15) is 5.02 Å². The number of nitrogens with zero attached hydrogens (tertiary/aromatic N) is 3. The van der Waals surface area contributed by atoms with Crippen LogP contribution in [0.3, 0.4) is 0 Å². The monoisotopic (exact) mass is 433 g/mol. The maximum Gasteiger partial charge on any atom is 0.340 e. The fourth-order valence-electron chi connectivity index (χ4n) is 2.84. The molecule has 29 heavy (non-hydrogen) atoms. The number of Topliss-reactive ketones (excluding diaryl/α,β-unsaturated/α-hetero) is 1. The van der Waals surface area contributed by atoms with Crippen LogP contribution in [0.25, 0.3) is 5.69 Å². The van der Waals surface area contributed by atoms with Crippen LogP contribution in [0, 0.1) is 13.8 Å². The van der Waals surface area contributed by atoms with Crippen molar-refractivity contribution >= 4 is 35.0 Å². The first-order valence-electron chi connectivity index (χ1n) is 8.58. The average Bonchev–Trinajstić information content (AvgIpc) is 2.97. The summed E-state index contributed by atoms with van der Waals surface area (Å²) < 4.78 is 8.04. The molecular weight excluding hydrogens is 417 g/mol. The van der Waals surface area contributed by atoms with Crippen LogP contribution in [0.2, 0.25) is 10.0 Å². The highest BCUT2D eigenvalue weighted by Crippen LogP contribution is 2.19. The number of aromatic nitrogens is 3. The normalized spacial score (nSPS) is 10.8. The van der Waals surface area contributed by atoms with Crippen molar-refractivity contribution in [3.8, 4) is 5.69 Å². The number of aryl methyl sites for hydroxylation is 1. The van der Waals surface area contributed by atoms with Crippen LogP contribution < -0.4 is 5.56 Å². The Bertz CT molecular complexity index is 1180. The molecule has 0 spiro atoms. The number of hydrogen-bond donors (Lipinski definition) is 0. The predicted molar refractivity (Wildman–Crippen MR) is 109 cm³/mol. The van der Waals surface area contributed by atoms with Gasteiger partial charge in [0.2, 0.25) is 5.78 Å². The fourth-order valence-corrected chi connectivity index (χ4v) is 3.09. The van der Waals surface area contributed by atoms with E-state index in [0.29, 0.717) is 5.56 Å². The number of para-hydroxylation sites is 1. The molecule has 0 N–H and O–H groups in total. The van der Waals surface area contributed by atoms with Crippen molar-refractivity contribution in [2.45, 2.75) is 13.8 Å². The zero-order valence-corrected chi connectivity index (χ0v) is 17.4. The van der Waals surface area contributed by atoms with Gasteiger partial charge in [-0.15, -0.1) is 0 Å². The van der Waals surface area contributed by atoms with Gasteiger partial charge in [-0.05, 0) is 32.0 Å². The van der Waals surface area contributed by atoms with Crippen molar-refractivity contribution in [1.29, 1.82) is 0 Å². The summed E-state index contributed by atoms with van der Waals surface area (Å²) >= 11 is 11.7. The van der Waals surface area contributed by atoms with Crippen molar-refractivity contribution < 1.29 is 14.3 Å². The first-order chi connectivity index (χ1) is 13.7. The van der Waals surface area contributed by atoms with E-state index in [1.807, 2.05) is 25.5 Å². The van der Waals surface area contributed by atoms with Crippen molar-refractivity contribution in [2.75, 3.05) is 6.61 Å². The van der Waals surface area contributed by atoms with E-state index in [1.54, 1.807) is 18.2 Å². The summed E-state index contributed by atoms with van der Waals surface area (Å²) in [6, 6.07) is 7.97. The van der Waals surface area contributed by atoms with Crippen molar-refractivity contribution in [1.82, 2.24) is 14.3 Å². The molecule has 0 aliphatic heterocycles. The molecule has 3 rings (SSSR count). The van der Waals surface area contributed by atoms with Crippen molar-refractivity contribution in [2.24, 2.45) is 7.05 Å². The molecule has 0 radical (unpaired) electrons. The Morgan fingerprint density at radius 1 is 1.14 bits per heavy atom. The molecule has 7 nitrogen and oxygen atoms in total. The maximum absolute atomic E-state index is 12.6. The van der Waals surface area contributed by atoms with Crippen LogP contribution in [0.4, 0.5) is 0 Å². The Hall–Kier alpha value is -2.90. The van der Waals surface area contributed by atoms with E-state index in [2.05, 4.69) is 5.10 Å². The fraction of sp³-hybridized carbons (Fsp3) is 0.200. The van der Waals surface area contributed by atoms with Crippen LogP contribution >= 0.6 is 23.2 Å². The summed E-state index contributed by atoms with van der Waals surface area (Å²) in [4.78, 5) is 37.4. The van der Waals surface area contributed by atoms with E-state index in [-0.39, 0.29) is 27.1 Å². The van der Waals surface area contributed by atoms with Gasteiger partial charge in [-0.2, -0.15) is 9.78 Å². The summed E-state index contributed by atoms with van der Waals surface area (Å²) in [5, 5.41) is 3.72. The molecule has 1 aromatic carbocycles. The van der Waals surface area contributed by atoms with Gasteiger partial charge in [0, 0.05) is 24.0 Å². The molecule has 0 atom stereocenters. The lowest BCUT2D eigenvalue weighted by Crippen LogP contribution is -2.24. The second-order valence-electron chi connectivity index (χ2n) is 6.38. The molecule has 3 aromatic rings. The summed E-state index contributed by atoms with van der Waals surface area (Å²) in [5.74, 6) is -1.08. The highest BCUT2D eigenvalue weighted by atomic mass is 35.5. The number of hydrogen-bond acceptors (Lipinski definition) is 5. The Morgan fingerprint density at radius 3 is 2.48 bits per heavy atom. The third-order valence-corrected chi connectivity index (χ3v) is 5.39. The molecule has 0 aliphatic carbocycles. The highest BCUT2D eigenvalue weighted by Gasteiger charge is 2.20. The average molecular weight is 434 g/mol. The lowest BCUT2D eigenvalue weighted by atomic mass is 10.1. The van der Waals surface area contributed by atoms with E-state index >= 15 is 0 Å². The minimum Gasteiger partial charge on any atom is -0.454 e. The summed E-state index contributed by atoms with van der Waals surface area (Å²) in [7, 11) is 1.85. The van der Waals surface area contributed by atoms with E-state index in [9.17, 15) is 14.4 Å². The third kappa shape index (κ3) is 3.97. The first-order valence-corrected chi connectivity index (χ1v) is 9.34. The van der Waals surface area contributed by atoms with Gasteiger partial charge in [0.25, 0.3) is 5.56 Å². The molecule has 150 valence electrons. The zero-order valence-electron chi connectivity index (χ0n) is 15.9. The van der Waals surface area contributed by atoms with E-state index in [4.69, 9.17) is 27.9 Å². The van der Waals surface area contributed by atoms with Gasteiger partial charge in [-0.3, -0.25) is 9.59 Å². The van der Waals surface area contributed by atoms with Crippen molar-refractivity contribution in [3.05, 3.63) is 79.4 Å². The van der Waals surface area contributed by atoms with E-state index in [0.717, 1.165) is 16.1 Å². The van der Waals surface area contributed by atoms with Crippen LogP contribution in [0.15, 0.2) is 41.3 Å². The molecule has 2 aromatic heterocycles. The van der Waals surface area contributed by atoms with E-state index in [1.165, 1.54) is 18.3 Å². The number of ketones is 1. The van der Waals surface area contributed by atoms with Crippen LogP contribution in [0.1, 0.15) is 32.1 Å². The minimum atomic E-state index is -0.765. The van der Waals surface area contributed by atoms with Crippen molar-refractivity contribution in [3.63, 3.8) is 0 Å². The topological polar surface area (TPSA) is 83.2 Å². The summed E-state index contributed by atoms with van der Waals surface area (Å²) in [6.45, 7) is 3.27. The standard InChI is InChI=1S/C20H17Cl2N3O4/c1-11-8-14(12(2)24(11)3)17(26)10-29-20(28)13-6-4-5-7-16(13)25-19(27)18(22)15(21)9-23-25/h4-9H,10H2,1-3H3. The number of halogens is 2. The number of rotatable bonds is 5. The van der Waals surface area contributed by atoms with Gasteiger partial charge in [0.15, 0.2) is 6.61 Å². The lowest BCUT2D eigenvalue weighted by Gasteiger charge is -2.11. The maximum atomic E-state index is 12.6. The first kappa shape index (κ1) is 20.8. The van der Waals surface area contributed by atoms with Gasteiger partial charge >= 0.3 is 5.97 Å². The van der Waals surface area contributed by atoms with Gasteiger partial charge in [-0.25, -0.2) is 4.79 Å². The molecule has 0 aliphatic rings. The van der Waals surface area contributed by atoms with Crippen LogP contribution in [-0.4, -0.2) is 32.7 Å². The SMILES string of the molecule is Cc1cc(C(=O)COC(=O)c2ccccc2-n2ncc(Cl)c(Cl)c2=O)c(C)n1C. The van der Waals surface area contributed by atoms with E-state index < -0.39 is 18.1 Å². The third-order valence-electron chi connectivity index (χ3n) is 4.64. The van der Waals surface area contributed by atoms with Crippen LogP contribution in [-0.2, 0) is 11.8 Å². The second-order valence-corrected chi connectivity index (χ2v) is 7.17. The molecule has 0 fully saturated rings. The molecule has 0 saturated heterocycles. The van der Waals surface area contributed by atoms with Gasteiger partial charge < -0.3 is 9.30 Å². The highest BCUT2D eigenvalue weighted by molar-refractivity contribution is 6.41. The van der Waals surface area contributed by atoms with Gasteiger partial charge in [0.05, 0.1) is 22.5 Å². The quantitative estimate of drug-likeness (QED) is 0.453. The molecule has 0 saturated carbocycles. The smallest absolute Gasteiger partial charge is 0.340 e. The largest absolute Gasteiger partial charge is 0.454 e. The molecular formula is C20H17Cl2N3O4. The molecule has 9 heteroatoms.